The van der Waals surface area contributed by atoms with Crippen LogP contribution in [0.2, 0.25) is 0 Å². The van der Waals surface area contributed by atoms with Crippen molar-refractivity contribution in [3.8, 4) is 5.75 Å². The molecule has 2 aromatic carbocycles. The van der Waals surface area contributed by atoms with Crippen LogP contribution in [0.25, 0.3) is 10.2 Å². The van der Waals surface area contributed by atoms with Gasteiger partial charge in [0, 0.05) is 10.2 Å². The van der Waals surface area contributed by atoms with E-state index in [9.17, 15) is 5.11 Å². The molecule has 0 fully saturated rings. The quantitative estimate of drug-likeness (QED) is 0.389. The number of aliphatic hydroxyl groups is 1. The summed E-state index contributed by atoms with van der Waals surface area (Å²) in [6.45, 7) is 1.19. The molecule has 25 heavy (non-hydrogen) atoms. The molecule has 1 N–H and O–H groups in total. The topological polar surface area (TPSA) is 51.6 Å². The van der Waals surface area contributed by atoms with Crippen molar-refractivity contribution in [1.82, 2.24) is 4.98 Å². The largest absolute Gasteiger partial charge is 0.491 e. The second-order valence-electron chi connectivity index (χ2n) is 5.29. The molecule has 3 rings (SSSR count). The normalized spacial score (nSPS) is 12.4. The van der Waals surface area contributed by atoms with Crippen LogP contribution in [0.4, 0.5) is 0 Å². The summed E-state index contributed by atoms with van der Waals surface area (Å²) in [5.41, 5.74) is 1.01. The highest BCUT2D eigenvalue weighted by molar-refractivity contribution is 9.10. The van der Waals surface area contributed by atoms with Crippen LogP contribution in [-0.2, 0) is 4.74 Å². The zero-order chi connectivity index (χ0) is 17.5. The van der Waals surface area contributed by atoms with Crippen LogP contribution in [0.3, 0.4) is 0 Å². The van der Waals surface area contributed by atoms with Crippen molar-refractivity contribution in [3.05, 3.63) is 53.0 Å². The van der Waals surface area contributed by atoms with Crippen LogP contribution in [0.5, 0.6) is 5.75 Å². The number of benzene rings is 2. The van der Waals surface area contributed by atoms with Gasteiger partial charge in [0.15, 0.2) is 4.34 Å². The van der Waals surface area contributed by atoms with Crippen molar-refractivity contribution < 1.29 is 14.6 Å². The summed E-state index contributed by atoms with van der Waals surface area (Å²) in [5.74, 6) is 1.37. The lowest BCUT2D eigenvalue weighted by molar-refractivity contribution is 0.0348. The highest BCUT2D eigenvalue weighted by Gasteiger charge is 2.09. The number of thiazole rings is 1. The van der Waals surface area contributed by atoms with Crippen LogP contribution < -0.4 is 4.74 Å². The predicted molar refractivity (Wildman–Crippen MR) is 107 cm³/mol. The summed E-state index contributed by atoms with van der Waals surface area (Å²) in [5, 5.41) is 10.0. The van der Waals surface area contributed by atoms with E-state index in [1.165, 1.54) is 4.70 Å². The number of fused-ring (bicyclic) bond motifs is 1. The van der Waals surface area contributed by atoms with Gasteiger partial charge in [-0.25, -0.2) is 4.98 Å². The molecule has 0 saturated carbocycles. The predicted octanol–water partition coefficient (Wildman–Crippen LogP) is 4.61. The van der Waals surface area contributed by atoms with Gasteiger partial charge in [0.2, 0.25) is 0 Å². The van der Waals surface area contributed by atoms with Crippen LogP contribution in [0, 0.1) is 0 Å². The first-order chi connectivity index (χ1) is 12.2. The van der Waals surface area contributed by atoms with Gasteiger partial charge in [-0.15, -0.1) is 11.3 Å². The maximum absolute atomic E-state index is 10.0. The van der Waals surface area contributed by atoms with Gasteiger partial charge in [-0.2, -0.15) is 0 Å². The first kappa shape index (κ1) is 18.7. The van der Waals surface area contributed by atoms with Crippen LogP contribution >= 0.6 is 39.0 Å². The SMILES string of the molecule is OC(COCCOc1ccc(Br)cc1)CSc1nc2ccccc2s1. The molecule has 1 unspecified atom stereocenters. The molecule has 1 aromatic heterocycles. The van der Waals surface area contributed by atoms with Crippen molar-refractivity contribution in [1.29, 1.82) is 0 Å². The van der Waals surface area contributed by atoms with Crippen molar-refractivity contribution >= 4 is 49.2 Å². The van der Waals surface area contributed by atoms with E-state index in [1.54, 1.807) is 23.1 Å². The molecular formula is C18H18BrNO3S2. The number of hydrogen-bond acceptors (Lipinski definition) is 6. The Kier molecular flexibility index (Phi) is 7.12. The fraction of sp³-hybridized carbons (Fsp3) is 0.278. The maximum atomic E-state index is 10.0. The molecule has 0 amide bonds. The lowest BCUT2D eigenvalue weighted by atomic mass is 10.3. The summed E-state index contributed by atoms with van der Waals surface area (Å²) < 4.78 is 14.2. The molecule has 0 saturated heterocycles. The number of para-hydroxylation sites is 1. The van der Waals surface area contributed by atoms with Gasteiger partial charge in [-0.3, -0.25) is 0 Å². The van der Waals surface area contributed by atoms with Crippen LogP contribution in [-0.4, -0.2) is 41.8 Å². The number of nitrogens with zero attached hydrogens (tertiary/aromatic N) is 1. The molecule has 3 aromatic rings. The molecule has 1 heterocycles. The van der Waals surface area contributed by atoms with E-state index in [1.807, 2.05) is 42.5 Å². The minimum Gasteiger partial charge on any atom is -0.491 e. The second-order valence-corrected chi connectivity index (χ2v) is 8.50. The van der Waals surface area contributed by atoms with Crippen molar-refractivity contribution in [2.75, 3.05) is 25.6 Å². The van der Waals surface area contributed by atoms with Gasteiger partial charge in [-0.1, -0.05) is 39.8 Å². The third-order valence-electron chi connectivity index (χ3n) is 3.29. The zero-order valence-corrected chi connectivity index (χ0v) is 16.6. The van der Waals surface area contributed by atoms with E-state index >= 15 is 0 Å². The monoisotopic (exact) mass is 439 g/mol. The summed E-state index contributed by atoms with van der Waals surface area (Å²) >= 11 is 6.59. The molecule has 0 aliphatic carbocycles. The molecular weight excluding hydrogens is 422 g/mol. The molecule has 0 radical (unpaired) electrons. The fourth-order valence-corrected chi connectivity index (χ4v) is 4.36. The van der Waals surface area contributed by atoms with Crippen molar-refractivity contribution in [3.63, 3.8) is 0 Å². The summed E-state index contributed by atoms with van der Waals surface area (Å²) in [6, 6.07) is 15.7. The Labute approximate surface area is 163 Å². The molecule has 0 aliphatic rings. The maximum Gasteiger partial charge on any atom is 0.151 e. The lowest BCUT2D eigenvalue weighted by Crippen LogP contribution is -2.20. The number of ether oxygens (including phenoxy) is 2. The molecule has 0 aliphatic heterocycles. The minimum absolute atomic E-state index is 0.293. The number of aliphatic hydroxyl groups excluding tert-OH is 1. The summed E-state index contributed by atoms with van der Waals surface area (Å²) in [7, 11) is 0. The Morgan fingerprint density at radius 1 is 1.12 bits per heavy atom. The van der Waals surface area contributed by atoms with Gasteiger partial charge in [0.25, 0.3) is 0 Å². The molecule has 7 heteroatoms. The fourth-order valence-electron chi connectivity index (χ4n) is 2.10. The Bertz CT molecular complexity index is 761. The third kappa shape index (κ3) is 5.97. The van der Waals surface area contributed by atoms with E-state index in [0.717, 1.165) is 20.1 Å². The van der Waals surface area contributed by atoms with E-state index in [2.05, 4.69) is 27.0 Å². The highest BCUT2D eigenvalue weighted by Crippen LogP contribution is 2.29. The molecule has 4 nitrogen and oxygen atoms in total. The highest BCUT2D eigenvalue weighted by atomic mass is 79.9. The van der Waals surface area contributed by atoms with E-state index in [-0.39, 0.29) is 0 Å². The summed E-state index contributed by atoms with van der Waals surface area (Å²) in [6.07, 6.45) is -0.523. The zero-order valence-electron chi connectivity index (χ0n) is 13.4. The molecule has 1 atom stereocenters. The van der Waals surface area contributed by atoms with Gasteiger partial charge in [-0.05, 0) is 36.4 Å². The average Bonchev–Trinajstić information content (AvgIpc) is 3.04. The first-order valence-electron chi connectivity index (χ1n) is 7.83. The first-order valence-corrected chi connectivity index (χ1v) is 10.4. The Morgan fingerprint density at radius 3 is 2.72 bits per heavy atom. The van der Waals surface area contributed by atoms with Gasteiger partial charge in [0.05, 0.1) is 29.5 Å². The Balaban J connectivity index is 1.31. The van der Waals surface area contributed by atoms with Crippen molar-refractivity contribution in [2.24, 2.45) is 0 Å². The van der Waals surface area contributed by atoms with Gasteiger partial charge >= 0.3 is 0 Å². The molecule has 0 bridgehead atoms. The van der Waals surface area contributed by atoms with E-state index in [0.29, 0.717) is 25.6 Å². The Hall–Kier alpha value is -1.12. The Morgan fingerprint density at radius 2 is 1.92 bits per heavy atom. The second kappa shape index (κ2) is 9.54. The third-order valence-corrected chi connectivity index (χ3v) is 6.15. The number of rotatable bonds is 9. The number of thioether (sulfide) groups is 1. The lowest BCUT2D eigenvalue weighted by Gasteiger charge is -2.11. The summed E-state index contributed by atoms with van der Waals surface area (Å²) in [4.78, 5) is 4.54. The standard InChI is InChI=1S/C18H18BrNO3S2/c19-13-5-7-15(8-6-13)23-10-9-22-11-14(21)12-24-18-20-16-3-1-2-4-17(16)25-18/h1-8,14,21H,9-12H2. The van der Waals surface area contributed by atoms with Gasteiger partial charge in [0.1, 0.15) is 12.4 Å². The van der Waals surface area contributed by atoms with Crippen molar-refractivity contribution in [2.45, 2.75) is 10.4 Å². The molecule has 132 valence electrons. The van der Waals surface area contributed by atoms with Crippen LogP contribution in [0.1, 0.15) is 0 Å². The number of halogens is 1. The number of aromatic nitrogens is 1. The number of hydrogen-bond donors (Lipinski definition) is 1. The van der Waals surface area contributed by atoms with Crippen LogP contribution in [0.15, 0.2) is 57.3 Å². The minimum atomic E-state index is -0.523. The van der Waals surface area contributed by atoms with Gasteiger partial charge < -0.3 is 14.6 Å². The van der Waals surface area contributed by atoms with E-state index < -0.39 is 6.10 Å². The van der Waals surface area contributed by atoms with E-state index in [4.69, 9.17) is 9.47 Å². The smallest absolute Gasteiger partial charge is 0.151 e. The average molecular weight is 440 g/mol. The molecule has 0 spiro atoms.